The maximum Gasteiger partial charge on any atom is 0.425 e. The van der Waals surface area contributed by atoms with Gasteiger partial charge in [-0.05, 0) is 60.9 Å². The van der Waals surface area contributed by atoms with Gasteiger partial charge in [0.15, 0.2) is 11.7 Å². The van der Waals surface area contributed by atoms with E-state index in [-0.39, 0.29) is 25.0 Å². The Morgan fingerprint density at radius 3 is 2.32 bits per heavy atom. The lowest BCUT2D eigenvalue weighted by Crippen LogP contribution is -2.76. The highest BCUT2D eigenvalue weighted by atomic mass is 19.4. The third kappa shape index (κ3) is 3.83. The van der Waals surface area contributed by atoms with Gasteiger partial charge in [0.25, 0.3) is 5.92 Å². The van der Waals surface area contributed by atoms with Crippen molar-refractivity contribution in [3.8, 4) is 5.75 Å². The van der Waals surface area contributed by atoms with Gasteiger partial charge in [-0.3, -0.25) is 4.98 Å². The summed E-state index contributed by atoms with van der Waals surface area (Å²) in [6, 6.07) is 4.67. The van der Waals surface area contributed by atoms with E-state index in [1.165, 1.54) is 12.1 Å². The summed E-state index contributed by atoms with van der Waals surface area (Å²) in [6.45, 7) is -0.0483. The van der Waals surface area contributed by atoms with Gasteiger partial charge in [-0.1, -0.05) is 0 Å². The monoisotopic (exact) mass is 531 g/mol. The lowest BCUT2D eigenvalue weighted by atomic mass is 9.31. The van der Waals surface area contributed by atoms with Crippen LogP contribution in [0.3, 0.4) is 0 Å². The molecule has 3 aromatic rings. The summed E-state index contributed by atoms with van der Waals surface area (Å²) < 4.78 is 104. The van der Waals surface area contributed by atoms with E-state index in [4.69, 9.17) is 4.74 Å². The minimum absolute atomic E-state index is 0.111. The van der Waals surface area contributed by atoms with Gasteiger partial charge in [-0.2, -0.15) is 13.2 Å². The minimum atomic E-state index is -4.56. The summed E-state index contributed by atoms with van der Waals surface area (Å²) >= 11 is 0. The maximum absolute atomic E-state index is 16.2. The smallest absolute Gasteiger partial charge is 0.425 e. The molecule has 37 heavy (non-hydrogen) atoms. The van der Waals surface area contributed by atoms with E-state index >= 15 is 8.78 Å². The van der Waals surface area contributed by atoms with Crippen molar-refractivity contribution in [1.82, 2.24) is 25.2 Å². The van der Waals surface area contributed by atoms with E-state index in [0.29, 0.717) is 11.8 Å². The molecule has 0 saturated heterocycles. The summed E-state index contributed by atoms with van der Waals surface area (Å²) in [4.78, 5) is 4.13. The second-order valence-electron chi connectivity index (χ2n) is 9.84. The van der Waals surface area contributed by atoms with Crippen LogP contribution in [0.4, 0.5) is 30.7 Å². The lowest BCUT2D eigenvalue weighted by Gasteiger charge is -2.73. The van der Waals surface area contributed by atoms with Gasteiger partial charge in [0.1, 0.15) is 23.7 Å². The molecule has 0 unspecified atom stereocenters. The SMILES string of the molecule is C[C@H](Oc1ccc(C23CC(C(F)(F)[C@@](O)(Cn4cnnn4)c4ccc(F)cc4F)(C2)C3)nc1)C(F)(F)F. The van der Waals surface area contributed by atoms with Crippen LogP contribution in [0.1, 0.15) is 37.4 Å². The van der Waals surface area contributed by atoms with Crippen LogP contribution in [0, 0.1) is 17.0 Å². The van der Waals surface area contributed by atoms with Gasteiger partial charge >= 0.3 is 6.18 Å². The largest absolute Gasteiger partial charge is 0.480 e. The second-order valence-corrected chi connectivity index (χ2v) is 9.84. The van der Waals surface area contributed by atoms with Crippen LogP contribution in [-0.2, 0) is 17.6 Å². The lowest BCUT2D eigenvalue weighted by molar-refractivity contribution is -0.348. The molecule has 0 spiro atoms. The number of nitrogens with zero attached hydrogens (tertiary/aromatic N) is 5. The molecule has 3 aliphatic carbocycles. The van der Waals surface area contributed by atoms with E-state index in [1.807, 2.05) is 0 Å². The van der Waals surface area contributed by atoms with Crippen molar-refractivity contribution in [1.29, 1.82) is 0 Å². The predicted octanol–water partition coefficient (Wildman–Crippen LogP) is 4.32. The molecule has 14 heteroatoms. The number of ether oxygens (including phenoxy) is 1. The number of aromatic nitrogens is 5. The molecule has 3 saturated carbocycles. The predicted molar refractivity (Wildman–Crippen MR) is 111 cm³/mol. The number of rotatable bonds is 8. The Kier molecular flexibility index (Phi) is 5.55. The van der Waals surface area contributed by atoms with Crippen LogP contribution in [-0.4, -0.2) is 48.5 Å². The van der Waals surface area contributed by atoms with Crippen LogP contribution in [0.15, 0.2) is 42.9 Å². The molecule has 0 amide bonds. The van der Waals surface area contributed by atoms with Crippen LogP contribution in [0.25, 0.3) is 0 Å². The average molecular weight is 531 g/mol. The highest BCUT2D eigenvalue weighted by Gasteiger charge is 2.82. The van der Waals surface area contributed by atoms with Crippen molar-refractivity contribution < 1.29 is 40.6 Å². The van der Waals surface area contributed by atoms with Crippen LogP contribution >= 0.6 is 0 Å². The Morgan fingerprint density at radius 2 is 1.78 bits per heavy atom. The number of tetrazole rings is 1. The normalized spacial score (nSPS) is 25.5. The Balaban J connectivity index is 1.39. The molecule has 0 aliphatic heterocycles. The van der Waals surface area contributed by atoms with Crippen molar-refractivity contribution in [3.05, 3.63) is 65.7 Å². The molecular weight excluding hydrogens is 511 g/mol. The standard InChI is InChI=1S/C23H20F7N5O2/c1-13(22(26,27)28)37-15-3-5-18(31-7-15)19-8-20(9-19,10-19)23(29,30)21(36,11-35-12-32-33-34-35)16-4-2-14(24)6-17(16)25/h2-7,12-13,36H,8-11H2,1H3/t13-,19?,20?,21+/m0/s1. The van der Waals surface area contributed by atoms with Gasteiger partial charge in [0.2, 0.25) is 0 Å². The Labute approximate surface area is 205 Å². The van der Waals surface area contributed by atoms with E-state index in [9.17, 15) is 27.1 Å². The molecule has 6 rings (SSSR count). The fraction of sp³-hybridized carbons (Fsp3) is 0.478. The van der Waals surface area contributed by atoms with Crippen LogP contribution in [0.2, 0.25) is 0 Å². The summed E-state index contributed by atoms with van der Waals surface area (Å²) in [5, 5.41) is 21.6. The molecule has 3 aliphatic rings. The number of aliphatic hydroxyl groups is 1. The maximum atomic E-state index is 16.2. The third-order valence-corrected chi connectivity index (χ3v) is 7.43. The number of benzene rings is 1. The molecule has 2 aromatic heterocycles. The molecule has 3 fully saturated rings. The summed E-state index contributed by atoms with van der Waals surface area (Å²) in [5.74, 6) is -6.37. The fourth-order valence-electron chi connectivity index (χ4n) is 5.53. The second kappa shape index (κ2) is 8.10. The number of hydrogen-bond donors (Lipinski definition) is 1. The minimum Gasteiger partial charge on any atom is -0.480 e. The van der Waals surface area contributed by atoms with Crippen LogP contribution < -0.4 is 4.74 Å². The molecule has 7 nitrogen and oxygen atoms in total. The van der Waals surface area contributed by atoms with Crippen molar-refractivity contribution in [2.45, 2.75) is 61.9 Å². The summed E-state index contributed by atoms with van der Waals surface area (Å²) in [6.07, 6.45) is -4.86. The zero-order chi connectivity index (χ0) is 26.9. The van der Waals surface area contributed by atoms with Gasteiger partial charge in [0.05, 0.1) is 12.7 Å². The van der Waals surface area contributed by atoms with Crippen molar-refractivity contribution >= 4 is 0 Å². The van der Waals surface area contributed by atoms with Crippen molar-refractivity contribution in [2.24, 2.45) is 5.41 Å². The van der Waals surface area contributed by atoms with Crippen molar-refractivity contribution in [2.75, 3.05) is 0 Å². The zero-order valence-electron chi connectivity index (χ0n) is 19.2. The highest BCUT2D eigenvalue weighted by Crippen LogP contribution is 2.80. The molecule has 0 radical (unpaired) electrons. The van der Waals surface area contributed by atoms with E-state index in [1.54, 1.807) is 0 Å². The Morgan fingerprint density at radius 1 is 1.08 bits per heavy atom. The number of alkyl halides is 5. The Hall–Kier alpha value is -3.29. The number of pyridine rings is 1. The van der Waals surface area contributed by atoms with Crippen molar-refractivity contribution in [3.63, 3.8) is 0 Å². The summed E-state index contributed by atoms with van der Waals surface area (Å²) in [7, 11) is 0. The van der Waals surface area contributed by atoms with E-state index in [2.05, 4.69) is 20.5 Å². The number of halogens is 7. The highest BCUT2D eigenvalue weighted by molar-refractivity contribution is 5.41. The molecule has 1 N–H and O–H groups in total. The number of hydrogen-bond acceptors (Lipinski definition) is 6. The first-order valence-electron chi connectivity index (χ1n) is 11.2. The van der Waals surface area contributed by atoms with E-state index < -0.39 is 58.4 Å². The average Bonchev–Trinajstić information content (AvgIpc) is 3.24. The Bertz CT molecular complexity index is 1280. The zero-order valence-corrected chi connectivity index (χ0v) is 19.2. The molecule has 1 aromatic carbocycles. The quantitative estimate of drug-likeness (QED) is 0.436. The molecule has 198 valence electrons. The third-order valence-electron chi connectivity index (χ3n) is 7.43. The molecule has 2 heterocycles. The van der Waals surface area contributed by atoms with Gasteiger partial charge < -0.3 is 9.84 Å². The van der Waals surface area contributed by atoms with Gasteiger partial charge in [0, 0.05) is 28.2 Å². The summed E-state index contributed by atoms with van der Waals surface area (Å²) in [5.41, 5.74) is -6.01. The van der Waals surface area contributed by atoms with Gasteiger partial charge in [-0.25, -0.2) is 22.2 Å². The molecule has 2 bridgehead atoms. The fourth-order valence-corrected chi connectivity index (χ4v) is 5.53. The van der Waals surface area contributed by atoms with E-state index in [0.717, 1.165) is 36.3 Å². The molecule has 2 atom stereocenters. The molecular formula is C23H20F7N5O2. The first-order chi connectivity index (χ1) is 17.2. The van der Waals surface area contributed by atoms with Gasteiger partial charge in [-0.15, -0.1) is 5.10 Å². The first kappa shape index (κ1) is 25.4. The topological polar surface area (TPSA) is 86.0 Å². The first-order valence-corrected chi connectivity index (χ1v) is 11.2. The van der Waals surface area contributed by atoms with Crippen LogP contribution in [0.5, 0.6) is 5.75 Å².